The first-order chi connectivity index (χ1) is 6.32. The van der Waals surface area contributed by atoms with E-state index in [1.807, 2.05) is 0 Å². The van der Waals surface area contributed by atoms with Crippen LogP contribution in [0.1, 0.15) is 5.56 Å². The second-order valence-electron chi connectivity index (χ2n) is 2.72. The van der Waals surface area contributed by atoms with Crippen LogP contribution in [0.2, 0.25) is 0 Å². The Morgan fingerprint density at radius 2 is 1.86 bits per heavy atom. The van der Waals surface area contributed by atoms with Gasteiger partial charge in [-0.3, -0.25) is 0 Å². The molecule has 0 spiro atoms. The molecule has 1 aromatic carbocycles. The molecule has 0 aromatic heterocycles. The van der Waals surface area contributed by atoms with Crippen molar-refractivity contribution < 1.29 is 17.6 Å². The van der Waals surface area contributed by atoms with Crippen LogP contribution in [-0.2, 0) is 0 Å². The van der Waals surface area contributed by atoms with Crippen LogP contribution in [-0.4, -0.2) is 6.18 Å². The summed E-state index contributed by atoms with van der Waals surface area (Å²) < 4.78 is 49.3. The molecule has 0 saturated carbocycles. The standard InChI is InChI=1S/C9H7F4N/c1-5(9(11,12)13)7-3-2-6(14)4-8(7)10/h2-4H,1,14H2. The summed E-state index contributed by atoms with van der Waals surface area (Å²) >= 11 is 0. The molecule has 1 aromatic rings. The summed E-state index contributed by atoms with van der Waals surface area (Å²) in [6, 6.07) is 2.97. The van der Waals surface area contributed by atoms with Gasteiger partial charge in [-0.2, -0.15) is 13.2 Å². The Balaban J connectivity index is 3.15. The maximum Gasteiger partial charge on any atom is 0.416 e. The zero-order valence-electron chi connectivity index (χ0n) is 7.03. The van der Waals surface area contributed by atoms with E-state index in [0.29, 0.717) is 0 Å². The summed E-state index contributed by atoms with van der Waals surface area (Å²) in [5.41, 5.74) is 3.47. The van der Waals surface area contributed by atoms with Crippen molar-refractivity contribution in [3.63, 3.8) is 0 Å². The Morgan fingerprint density at radius 3 is 2.29 bits per heavy atom. The highest BCUT2D eigenvalue weighted by Gasteiger charge is 2.34. The fourth-order valence-electron chi connectivity index (χ4n) is 0.929. The first kappa shape index (κ1) is 10.6. The van der Waals surface area contributed by atoms with Gasteiger partial charge in [-0.25, -0.2) is 4.39 Å². The topological polar surface area (TPSA) is 26.0 Å². The lowest BCUT2D eigenvalue weighted by atomic mass is 10.1. The third-order valence-electron chi connectivity index (χ3n) is 1.66. The van der Waals surface area contributed by atoms with Gasteiger partial charge in [-0.15, -0.1) is 0 Å². The Labute approximate surface area is 77.8 Å². The Kier molecular flexibility index (Phi) is 2.51. The van der Waals surface area contributed by atoms with E-state index in [1.54, 1.807) is 0 Å². The van der Waals surface area contributed by atoms with Crippen molar-refractivity contribution in [3.05, 3.63) is 36.2 Å². The summed E-state index contributed by atoms with van der Waals surface area (Å²) in [5.74, 6) is -1.02. The molecule has 1 nitrogen and oxygen atoms in total. The van der Waals surface area contributed by atoms with Gasteiger partial charge in [0.2, 0.25) is 0 Å². The molecule has 0 atom stereocenters. The first-order valence-electron chi connectivity index (χ1n) is 3.64. The molecule has 14 heavy (non-hydrogen) atoms. The number of benzene rings is 1. The maximum atomic E-state index is 13.0. The van der Waals surface area contributed by atoms with Crippen molar-refractivity contribution in [2.75, 3.05) is 5.73 Å². The van der Waals surface area contributed by atoms with Crippen molar-refractivity contribution in [1.82, 2.24) is 0 Å². The molecule has 0 fully saturated rings. The first-order valence-corrected chi connectivity index (χ1v) is 3.64. The number of alkyl halides is 3. The van der Waals surface area contributed by atoms with Crippen LogP contribution < -0.4 is 5.73 Å². The number of anilines is 1. The van der Waals surface area contributed by atoms with Crippen molar-refractivity contribution in [1.29, 1.82) is 0 Å². The number of nitrogen functional groups attached to an aromatic ring is 1. The Bertz CT molecular complexity index is 368. The molecule has 0 saturated heterocycles. The van der Waals surface area contributed by atoms with Crippen LogP contribution in [0.4, 0.5) is 23.2 Å². The van der Waals surface area contributed by atoms with Crippen LogP contribution in [0.5, 0.6) is 0 Å². The minimum atomic E-state index is -4.63. The lowest BCUT2D eigenvalue weighted by molar-refractivity contribution is -0.0688. The molecular weight excluding hydrogens is 198 g/mol. The Hall–Kier alpha value is -1.52. The minimum Gasteiger partial charge on any atom is -0.399 e. The van der Waals surface area contributed by atoms with E-state index in [2.05, 4.69) is 6.58 Å². The van der Waals surface area contributed by atoms with E-state index in [-0.39, 0.29) is 5.69 Å². The van der Waals surface area contributed by atoms with E-state index in [0.717, 1.165) is 12.1 Å². The van der Waals surface area contributed by atoms with Crippen molar-refractivity contribution >= 4 is 11.3 Å². The van der Waals surface area contributed by atoms with Crippen LogP contribution in [0.15, 0.2) is 24.8 Å². The number of allylic oxidation sites excluding steroid dienone is 1. The molecule has 76 valence electrons. The van der Waals surface area contributed by atoms with E-state index in [1.165, 1.54) is 6.07 Å². The largest absolute Gasteiger partial charge is 0.416 e. The lowest BCUT2D eigenvalue weighted by Gasteiger charge is -2.10. The van der Waals surface area contributed by atoms with Gasteiger partial charge >= 0.3 is 6.18 Å². The third-order valence-corrected chi connectivity index (χ3v) is 1.66. The van der Waals surface area contributed by atoms with E-state index in [9.17, 15) is 17.6 Å². The van der Waals surface area contributed by atoms with Gasteiger partial charge in [0.25, 0.3) is 0 Å². The number of hydrogen-bond acceptors (Lipinski definition) is 1. The minimum absolute atomic E-state index is 0.0706. The lowest BCUT2D eigenvalue weighted by Crippen LogP contribution is -2.10. The van der Waals surface area contributed by atoms with Crippen molar-refractivity contribution in [3.8, 4) is 0 Å². The highest BCUT2D eigenvalue weighted by Crippen LogP contribution is 2.33. The molecule has 0 aliphatic heterocycles. The maximum absolute atomic E-state index is 13.0. The van der Waals surface area contributed by atoms with Crippen LogP contribution in [0.25, 0.3) is 5.57 Å². The monoisotopic (exact) mass is 205 g/mol. The highest BCUT2D eigenvalue weighted by atomic mass is 19.4. The molecule has 0 bridgehead atoms. The molecule has 1 rings (SSSR count). The number of halogens is 4. The van der Waals surface area contributed by atoms with E-state index < -0.39 is 23.1 Å². The van der Waals surface area contributed by atoms with Gasteiger partial charge in [0.15, 0.2) is 0 Å². The molecule has 0 amide bonds. The van der Waals surface area contributed by atoms with Gasteiger partial charge in [0, 0.05) is 11.3 Å². The fourth-order valence-corrected chi connectivity index (χ4v) is 0.929. The Morgan fingerprint density at radius 1 is 1.29 bits per heavy atom. The average molecular weight is 205 g/mol. The molecule has 0 radical (unpaired) electrons. The van der Waals surface area contributed by atoms with Gasteiger partial charge in [-0.05, 0) is 18.2 Å². The highest BCUT2D eigenvalue weighted by molar-refractivity contribution is 5.69. The van der Waals surface area contributed by atoms with Crippen molar-refractivity contribution in [2.45, 2.75) is 6.18 Å². The predicted molar refractivity (Wildman–Crippen MR) is 45.9 cm³/mol. The SMILES string of the molecule is C=C(c1ccc(N)cc1F)C(F)(F)F. The van der Waals surface area contributed by atoms with Gasteiger partial charge in [0.05, 0.1) is 5.57 Å². The summed E-state index contributed by atoms with van der Waals surface area (Å²) in [7, 11) is 0. The zero-order chi connectivity index (χ0) is 10.9. The molecule has 0 aliphatic rings. The van der Waals surface area contributed by atoms with Crippen molar-refractivity contribution in [2.24, 2.45) is 0 Å². The molecule has 5 heteroatoms. The number of nitrogens with two attached hydrogens (primary N) is 1. The van der Waals surface area contributed by atoms with E-state index >= 15 is 0 Å². The van der Waals surface area contributed by atoms with Crippen LogP contribution in [0.3, 0.4) is 0 Å². The second kappa shape index (κ2) is 3.32. The zero-order valence-corrected chi connectivity index (χ0v) is 7.03. The third kappa shape index (κ3) is 2.04. The second-order valence-corrected chi connectivity index (χ2v) is 2.72. The summed E-state index contributed by atoms with van der Waals surface area (Å²) in [4.78, 5) is 0. The smallest absolute Gasteiger partial charge is 0.399 e. The number of hydrogen-bond donors (Lipinski definition) is 1. The van der Waals surface area contributed by atoms with Crippen LogP contribution >= 0.6 is 0 Å². The van der Waals surface area contributed by atoms with Gasteiger partial charge in [-0.1, -0.05) is 6.58 Å². The molecule has 0 heterocycles. The summed E-state index contributed by atoms with van der Waals surface area (Å²) in [6.07, 6.45) is -4.63. The summed E-state index contributed by atoms with van der Waals surface area (Å²) in [6.45, 7) is 2.78. The normalized spacial score (nSPS) is 11.4. The number of rotatable bonds is 1. The quantitative estimate of drug-likeness (QED) is 0.553. The molecule has 0 aliphatic carbocycles. The van der Waals surface area contributed by atoms with E-state index in [4.69, 9.17) is 5.73 Å². The predicted octanol–water partition coefficient (Wildman–Crippen LogP) is 2.98. The van der Waals surface area contributed by atoms with Gasteiger partial charge < -0.3 is 5.73 Å². The molecule has 0 unspecified atom stereocenters. The van der Waals surface area contributed by atoms with Crippen LogP contribution in [0, 0.1) is 5.82 Å². The van der Waals surface area contributed by atoms with Gasteiger partial charge in [0.1, 0.15) is 5.82 Å². The molecular formula is C9H7F4N. The average Bonchev–Trinajstić information content (AvgIpc) is 2.01. The fraction of sp³-hybridized carbons (Fsp3) is 0.111. The molecule has 2 N–H and O–H groups in total. The summed E-state index contributed by atoms with van der Waals surface area (Å²) in [5, 5.41) is 0.